The van der Waals surface area contributed by atoms with Crippen molar-refractivity contribution >= 4 is 11.7 Å². The first-order chi connectivity index (χ1) is 9.00. The van der Waals surface area contributed by atoms with Gasteiger partial charge in [0, 0.05) is 12.7 Å². The lowest BCUT2D eigenvalue weighted by atomic mass is 9.92. The van der Waals surface area contributed by atoms with E-state index >= 15 is 0 Å². The van der Waals surface area contributed by atoms with Gasteiger partial charge in [-0.05, 0) is 30.2 Å². The zero-order valence-electron chi connectivity index (χ0n) is 11.2. The molecule has 0 atom stereocenters. The van der Waals surface area contributed by atoms with Gasteiger partial charge in [0.25, 0.3) is 5.91 Å². The van der Waals surface area contributed by atoms with Crippen molar-refractivity contribution in [2.45, 2.75) is 26.7 Å². The van der Waals surface area contributed by atoms with Crippen LogP contribution in [0.3, 0.4) is 0 Å². The van der Waals surface area contributed by atoms with Crippen molar-refractivity contribution in [3.05, 3.63) is 23.6 Å². The van der Waals surface area contributed by atoms with Gasteiger partial charge in [-0.15, -0.1) is 0 Å². The predicted octanol–water partition coefficient (Wildman–Crippen LogP) is 1.67. The molecule has 1 amide bonds. The first-order valence-electron chi connectivity index (χ1n) is 6.39. The van der Waals surface area contributed by atoms with E-state index in [2.05, 4.69) is 29.6 Å². The Morgan fingerprint density at radius 2 is 2.26 bits per heavy atom. The number of carbonyl (C=O) groups is 1. The molecule has 1 aliphatic carbocycles. The number of amides is 1. The zero-order valence-corrected chi connectivity index (χ0v) is 11.2. The molecule has 4 N–H and O–H groups in total. The van der Waals surface area contributed by atoms with Crippen LogP contribution in [0.2, 0.25) is 0 Å². The lowest BCUT2D eigenvalue weighted by Crippen LogP contribution is -2.33. The van der Waals surface area contributed by atoms with Gasteiger partial charge in [-0.1, -0.05) is 13.8 Å². The Morgan fingerprint density at radius 1 is 1.58 bits per heavy atom. The molecule has 104 valence electrons. The summed E-state index contributed by atoms with van der Waals surface area (Å²) in [6, 6.07) is 1.35. The highest BCUT2D eigenvalue weighted by molar-refractivity contribution is 5.95. The zero-order chi connectivity index (χ0) is 14.0. The van der Waals surface area contributed by atoms with E-state index in [1.807, 2.05) is 0 Å². The highest BCUT2D eigenvalue weighted by Gasteiger charge is 2.45. The van der Waals surface area contributed by atoms with Crippen molar-refractivity contribution in [3.8, 4) is 0 Å². The van der Waals surface area contributed by atoms with Crippen molar-refractivity contribution in [2.75, 3.05) is 12.0 Å². The number of hydrogen-bond donors (Lipinski definition) is 3. The molecule has 19 heavy (non-hydrogen) atoms. The highest BCUT2D eigenvalue weighted by atomic mass is 19.1. The lowest BCUT2D eigenvalue weighted by Gasteiger charge is -2.20. The number of nitrogens with zero attached hydrogens (tertiary/aromatic N) is 1. The summed E-state index contributed by atoms with van der Waals surface area (Å²) >= 11 is 0. The molecular weight excluding hydrogens is 247 g/mol. The highest BCUT2D eigenvalue weighted by Crippen LogP contribution is 2.51. The average Bonchev–Trinajstić information content (AvgIpc) is 3.17. The summed E-state index contributed by atoms with van der Waals surface area (Å²) in [6.45, 7) is 4.86. The molecule has 0 radical (unpaired) electrons. The number of nitrogens with two attached hydrogens (primary N) is 1. The Labute approximate surface area is 111 Å². The third-order valence-electron chi connectivity index (χ3n) is 3.99. The van der Waals surface area contributed by atoms with Crippen LogP contribution < -0.4 is 16.6 Å². The van der Waals surface area contributed by atoms with Crippen LogP contribution in [0, 0.1) is 17.2 Å². The quantitative estimate of drug-likeness (QED) is 0.559. The number of rotatable bonds is 5. The number of hydrogen-bond acceptors (Lipinski definition) is 4. The Bertz CT molecular complexity index is 486. The van der Waals surface area contributed by atoms with Crippen LogP contribution >= 0.6 is 0 Å². The molecule has 1 saturated carbocycles. The van der Waals surface area contributed by atoms with E-state index in [0.717, 1.165) is 12.8 Å². The van der Waals surface area contributed by atoms with Crippen LogP contribution in [0.25, 0.3) is 0 Å². The van der Waals surface area contributed by atoms with E-state index in [4.69, 9.17) is 5.84 Å². The molecule has 1 aromatic heterocycles. The van der Waals surface area contributed by atoms with Crippen LogP contribution in [0.1, 0.15) is 37.0 Å². The number of aromatic nitrogens is 1. The van der Waals surface area contributed by atoms with E-state index < -0.39 is 11.7 Å². The number of halogens is 1. The Hall–Kier alpha value is -1.69. The molecule has 1 fully saturated rings. The molecular formula is C13H19FN4O. The molecule has 0 aromatic carbocycles. The third-order valence-corrected chi connectivity index (χ3v) is 3.99. The maximum absolute atomic E-state index is 13.9. The molecule has 0 spiro atoms. The van der Waals surface area contributed by atoms with Gasteiger partial charge in [-0.2, -0.15) is 0 Å². The third kappa shape index (κ3) is 2.68. The molecule has 1 aromatic rings. The first-order valence-corrected chi connectivity index (χ1v) is 6.39. The van der Waals surface area contributed by atoms with Crippen LogP contribution in [-0.2, 0) is 0 Å². The minimum atomic E-state index is -0.725. The summed E-state index contributed by atoms with van der Waals surface area (Å²) in [4.78, 5) is 15.7. The molecule has 5 nitrogen and oxygen atoms in total. The molecule has 0 saturated heterocycles. The first kappa shape index (κ1) is 13.7. The number of carbonyl (C=O) groups excluding carboxylic acids is 1. The number of nitrogen functional groups attached to an aromatic ring is 1. The standard InChI is InChI=1S/C13H19FN4O/c1-8(2)13(4-5-13)7-17-12(19)9-3-6-16-11(18-15)10(9)14/h3,6,8H,4-5,7,15H2,1-2H3,(H,16,18)(H,17,19). The fourth-order valence-corrected chi connectivity index (χ4v) is 2.19. The van der Waals surface area contributed by atoms with E-state index in [-0.39, 0.29) is 16.8 Å². The smallest absolute Gasteiger partial charge is 0.254 e. The Kier molecular flexibility index (Phi) is 3.71. The van der Waals surface area contributed by atoms with Crippen molar-refractivity contribution < 1.29 is 9.18 Å². The van der Waals surface area contributed by atoms with E-state index in [1.165, 1.54) is 12.3 Å². The van der Waals surface area contributed by atoms with Gasteiger partial charge in [-0.25, -0.2) is 15.2 Å². The van der Waals surface area contributed by atoms with E-state index in [1.54, 1.807) is 0 Å². The molecule has 1 aliphatic rings. The second kappa shape index (κ2) is 5.13. The second-order valence-corrected chi connectivity index (χ2v) is 5.37. The maximum Gasteiger partial charge on any atom is 0.254 e. The summed E-state index contributed by atoms with van der Waals surface area (Å²) < 4.78 is 13.9. The van der Waals surface area contributed by atoms with Crippen molar-refractivity contribution in [2.24, 2.45) is 17.2 Å². The summed E-state index contributed by atoms with van der Waals surface area (Å²) in [5, 5.41) is 2.80. The minimum Gasteiger partial charge on any atom is -0.351 e. The van der Waals surface area contributed by atoms with Crippen LogP contribution in [0.15, 0.2) is 12.3 Å². The lowest BCUT2D eigenvalue weighted by molar-refractivity contribution is 0.0935. The van der Waals surface area contributed by atoms with Crippen molar-refractivity contribution in [3.63, 3.8) is 0 Å². The van der Waals surface area contributed by atoms with Crippen molar-refractivity contribution in [1.82, 2.24) is 10.3 Å². The maximum atomic E-state index is 13.9. The summed E-state index contributed by atoms with van der Waals surface area (Å²) in [6.07, 6.45) is 3.57. The fourth-order valence-electron chi connectivity index (χ4n) is 2.19. The summed E-state index contributed by atoms with van der Waals surface area (Å²) in [7, 11) is 0. The minimum absolute atomic E-state index is 0.0393. The van der Waals surface area contributed by atoms with Gasteiger partial charge in [0.2, 0.25) is 0 Å². The molecule has 1 heterocycles. The van der Waals surface area contributed by atoms with Crippen LogP contribution in [-0.4, -0.2) is 17.4 Å². The number of anilines is 1. The predicted molar refractivity (Wildman–Crippen MR) is 70.8 cm³/mol. The van der Waals surface area contributed by atoms with Gasteiger partial charge in [0.05, 0.1) is 5.56 Å². The second-order valence-electron chi connectivity index (χ2n) is 5.37. The monoisotopic (exact) mass is 266 g/mol. The van der Waals surface area contributed by atoms with Gasteiger partial charge < -0.3 is 10.7 Å². The molecule has 0 aliphatic heterocycles. The molecule has 0 bridgehead atoms. The molecule has 0 unspecified atom stereocenters. The Balaban J connectivity index is 2.05. The van der Waals surface area contributed by atoms with E-state index in [0.29, 0.717) is 12.5 Å². The van der Waals surface area contributed by atoms with E-state index in [9.17, 15) is 9.18 Å². The molecule has 6 heteroatoms. The summed E-state index contributed by atoms with van der Waals surface area (Å²) in [5.74, 6) is 4.36. The van der Waals surface area contributed by atoms with Crippen LogP contribution in [0.4, 0.5) is 10.2 Å². The summed E-state index contributed by atoms with van der Waals surface area (Å²) in [5.41, 5.74) is 2.28. The largest absolute Gasteiger partial charge is 0.351 e. The number of pyridine rings is 1. The normalized spacial score (nSPS) is 16.3. The van der Waals surface area contributed by atoms with Gasteiger partial charge in [0.15, 0.2) is 11.6 Å². The van der Waals surface area contributed by atoms with Crippen molar-refractivity contribution in [1.29, 1.82) is 0 Å². The Morgan fingerprint density at radius 3 is 2.79 bits per heavy atom. The average molecular weight is 266 g/mol. The van der Waals surface area contributed by atoms with Crippen LogP contribution in [0.5, 0.6) is 0 Å². The number of nitrogens with one attached hydrogen (secondary N) is 2. The fraction of sp³-hybridized carbons (Fsp3) is 0.538. The number of hydrazine groups is 1. The topological polar surface area (TPSA) is 80.0 Å². The van der Waals surface area contributed by atoms with Gasteiger partial charge >= 0.3 is 0 Å². The molecule has 2 rings (SSSR count). The van der Waals surface area contributed by atoms with Gasteiger partial charge in [0.1, 0.15) is 0 Å². The SMILES string of the molecule is CC(C)C1(CNC(=O)c2ccnc(NN)c2F)CC1. The van der Waals surface area contributed by atoms with Gasteiger partial charge in [-0.3, -0.25) is 4.79 Å².